The van der Waals surface area contributed by atoms with Gasteiger partial charge in [0.25, 0.3) is 5.56 Å². The molecule has 0 saturated carbocycles. The van der Waals surface area contributed by atoms with E-state index >= 15 is 0 Å². The van der Waals surface area contributed by atoms with Crippen LogP contribution in [0.4, 0.5) is 10.7 Å². The lowest BCUT2D eigenvalue weighted by Crippen LogP contribution is -2.57. The molecule has 0 bridgehead atoms. The summed E-state index contributed by atoms with van der Waals surface area (Å²) >= 11 is 1.71. The summed E-state index contributed by atoms with van der Waals surface area (Å²) in [7, 11) is -4.06. The number of allylic oxidation sites excluding steroid dienone is 3. The number of aromatic nitrogens is 4. The molecule has 1 amide bonds. The van der Waals surface area contributed by atoms with E-state index in [1.165, 1.54) is 10.2 Å². The second kappa shape index (κ2) is 19.6. The number of likely N-dealkylation sites (tertiary alicyclic amines) is 1. The number of thiophene rings is 1. The van der Waals surface area contributed by atoms with Crippen molar-refractivity contribution in [2.75, 3.05) is 44.3 Å². The van der Waals surface area contributed by atoms with Crippen LogP contribution in [0.25, 0.3) is 32.9 Å². The van der Waals surface area contributed by atoms with Gasteiger partial charge in [-0.3, -0.25) is 4.79 Å². The van der Waals surface area contributed by atoms with Gasteiger partial charge in [0, 0.05) is 78.0 Å². The number of ether oxygens (including phenoxy) is 3. The summed E-state index contributed by atoms with van der Waals surface area (Å²) < 4.78 is 47.6. The first-order valence-electron chi connectivity index (χ1n) is 25.2. The first-order valence-corrected chi connectivity index (χ1v) is 27.5. The highest BCUT2D eigenvalue weighted by atomic mass is 32.2. The van der Waals surface area contributed by atoms with Gasteiger partial charge in [-0.15, -0.1) is 11.3 Å². The molecule has 3 atom stereocenters. The molecule has 7 heterocycles. The van der Waals surface area contributed by atoms with Gasteiger partial charge in [-0.25, -0.2) is 27.2 Å². The predicted octanol–water partition coefficient (Wildman–Crippen LogP) is 10.1. The second-order valence-electron chi connectivity index (χ2n) is 21.9. The van der Waals surface area contributed by atoms with Crippen molar-refractivity contribution < 1.29 is 27.4 Å². The monoisotopic (exact) mass is 993 g/mol. The third-order valence-electron chi connectivity index (χ3n) is 15.2. The molecule has 3 fully saturated rings. The van der Waals surface area contributed by atoms with Gasteiger partial charge in [-0.2, -0.15) is 0 Å². The molecule has 3 saturated heterocycles. The number of aromatic amines is 1. The number of pyridine rings is 1. The Morgan fingerprint density at radius 3 is 2.47 bits per heavy atom. The Bertz CT molecular complexity index is 2930. The standard InChI is InChI=1S/C54H71N7O7S2/c1-36(2)33-54(44-15-13-31-69-44,35-67-45-16-10-12-30-66-45)47-41-32-38(42-34-55-48(62)46-40(42)21-27-61(46)70(64,65)53(8)22-11-9-14-37(53)3)17-18-43(41)56-49(57-47)60-25-19-39(20-26-60)59-28-23-52(7,24-29-59)58-50(63)68-51(4,5)6/h9,11,13-15,17-18,21,27,31-32,34,36,39,45H,10,12,16,19-20,22-26,28-30,33,35H2,1-8H3,(H,55,62)(H,58,63). The summed E-state index contributed by atoms with van der Waals surface area (Å²) in [5.74, 6) is 0.945. The lowest BCUT2D eigenvalue weighted by molar-refractivity contribution is -0.170. The van der Waals surface area contributed by atoms with Crippen LogP contribution in [0.3, 0.4) is 0 Å². The number of anilines is 1. The van der Waals surface area contributed by atoms with E-state index in [4.69, 9.17) is 24.2 Å². The van der Waals surface area contributed by atoms with Crippen LogP contribution >= 0.6 is 11.3 Å². The Balaban J connectivity index is 1.09. The van der Waals surface area contributed by atoms with E-state index in [1.807, 2.05) is 58.1 Å². The number of carbonyl (C=O) groups excluding carboxylic acids is 1. The van der Waals surface area contributed by atoms with Crippen LogP contribution in [0.15, 0.2) is 82.8 Å². The minimum absolute atomic E-state index is 0.0843. The smallest absolute Gasteiger partial charge is 0.408 e. The number of H-pyrrole nitrogens is 1. The molecule has 1 aliphatic carbocycles. The maximum atomic E-state index is 14.5. The lowest BCUT2D eigenvalue weighted by Gasteiger charge is -2.45. The zero-order chi connectivity index (χ0) is 49.6. The van der Waals surface area contributed by atoms with Crippen molar-refractivity contribution in [1.82, 2.24) is 29.1 Å². The van der Waals surface area contributed by atoms with E-state index in [2.05, 4.69) is 64.5 Å². The van der Waals surface area contributed by atoms with Crippen molar-refractivity contribution in [1.29, 1.82) is 0 Å². The van der Waals surface area contributed by atoms with Gasteiger partial charge < -0.3 is 34.3 Å². The Hall–Kier alpha value is -4.87. The number of nitrogens with one attached hydrogen (secondary N) is 2. The van der Waals surface area contributed by atoms with E-state index in [9.17, 15) is 18.0 Å². The number of alkyl carbamates (subject to hydrolysis) is 1. The first kappa shape index (κ1) is 50.1. The van der Waals surface area contributed by atoms with Crippen LogP contribution in [0.5, 0.6) is 0 Å². The minimum Gasteiger partial charge on any atom is -0.444 e. The molecule has 0 radical (unpaired) electrons. The fraction of sp³-hybridized carbons (Fsp3) is 0.556. The quantitative estimate of drug-likeness (QED) is 0.116. The Labute approximate surface area is 416 Å². The number of benzene rings is 1. The van der Waals surface area contributed by atoms with Crippen molar-refractivity contribution in [3.63, 3.8) is 0 Å². The van der Waals surface area contributed by atoms with E-state index in [0.717, 1.165) is 105 Å². The van der Waals surface area contributed by atoms with Crippen LogP contribution in [0.2, 0.25) is 0 Å². The van der Waals surface area contributed by atoms with Crippen molar-refractivity contribution in [3.05, 3.63) is 98.9 Å². The molecule has 5 aromatic rings. The molecule has 70 heavy (non-hydrogen) atoms. The third-order valence-corrected chi connectivity index (χ3v) is 18.7. The summed E-state index contributed by atoms with van der Waals surface area (Å²) in [6, 6.07) is 12.6. The maximum absolute atomic E-state index is 14.5. The molecule has 14 nitrogen and oxygen atoms in total. The van der Waals surface area contributed by atoms with Gasteiger partial charge in [0.1, 0.15) is 15.9 Å². The largest absolute Gasteiger partial charge is 0.444 e. The lowest BCUT2D eigenvalue weighted by atomic mass is 9.75. The van der Waals surface area contributed by atoms with Crippen LogP contribution in [-0.2, 0) is 29.6 Å². The highest BCUT2D eigenvalue weighted by molar-refractivity contribution is 7.91. The summed E-state index contributed by atoms with van der Waals surface area (Å²) in [6.07, 6.45) is 15.6. The molecule has 3 aliphatic heterocycles. The molecule has 1 aromatic carbocycles. The molecule has 0 spiro atoms. The average molecular weight is 994 g/mol. The third kappa shape index (κ3) is 9.87. The van der Waals surface area contributed by atoms with E-state index in [0.29, 0.717) is 48.1 Å². The van der Waals surface area contributed by atoms with E-state index < -0.39 is 31.3 Å². The van der Waals surface area contributed by atoms with Crippen LogP contribution in [0.1, 0.15) is 124 Å². The van der Waals surface area contributed by atoms with Crippen LogP contribution in [-0.4, -0.2) is 106 Å². The molecule has 16 heteroatoms. The topological polar surface area (TPSA) is 161 Å². The molecule has 9 rings (SSSR count). The van der Waals surface area contributed by atoms with Crippen molar-refractivity contribution in [2.24, 2.45) is 5.92 Å². The zero-order valence-electron chi connectivity index (χ0n) is 42.2. The SMILES string of the molecule is CC1=CC=CCC1(C)S(=O)(=O)n1ccc2c(-c3ccc4nc(N5CCC(N6CCC(C)(NC(=O)OC(C)(C)C)CC6)CC5)nc(C(COC5CCCCO5)(CC(C)C)c5cccs5)c4c3)c[nH]c(=O)c21. The number of hydrogen-bond donors (Lipinski definition) is 2. The fourth-order valence-electron chi connectivity index (χ4n) is 11.1. The average Bonchev–Trinajstić information content (AvgIpc) is 4.04. The maximum Gasteiger partial charge on any atom is 0.408 e. The van der Waals surface area contributed by atoms with Gasteiger partial charge >= 0.3 is 6.09 Å². The van der Waals surface area contributed by atoms with Gasteiger partial charge in [0.15, 0.2) is 6.29 Å². The number of rotatable bonds is 13. The van der Waals surface area contributed by atoms with Gasteiger partial charge in [-0.1, -0.05) is 49.8 Å². The molecule has 376 valence electrons. The minimum atomic E-state index is -4.06. The predicted molar refractivity (Wildman–Crippen MR) is 279 cm³/mol. The van der Waals surface area contributed by atoms with Gasteiger partial charge in [-0.05, 0) is 140 Å². The second-order valence-corrected chi connectivity index (χ2v) is 25.1. The highest BCUT2D eigenvalue weighted by Crippen LogP contribution is 2.45. The molecule has 4 aliphatic rings. The molecular weight excluding hydrogens is 923 g/mol. The number of carbonyl (C=O) groups is 1. The normalized spacial score (nSPS) is 22.6. The van der Waals surface area contributed by atoms with Crippen molar-refractivity contribution in [3.8, 4) is 11.1 Å². The van der Waals surface area contributed by atoms with Crippen molar-refractivity contribution in [2.45, 2.75) is 147 Å². The number of amides is 1. The Kier molecular flexibility index (Phi) is 14.0. The molecule has 2 N–H and O–H groups in total. The van der Waals surface area contributed by atoms with E-state index in [-0.39, 0.29) is 29.4 Å². The first-order chi connectivity index (χ1) is 33.3. The van der Waals surface area contributed by atoms with E-state index in [1.54, 1.807) is 30.5 Å². The summed E-state index contributed by atoms with van der Waals surface area (Å²) in [5, 5.41) is 6.68. The van der Waals surface area contributed by atoms with Crippen LogP contribution in [0, 0.1) is 5.92 Å². The highest BCUT2D eigenvalue weighted by Gasteiger charge is 2.44. The molecule has 4 aromatic heterocycles. The van der Waals surface area contributed by atoms with Crippen molar-refractivity contribution >= 4 is 55.2 Å². The molecular formula is C54H71N7O7S2. The fourth-order valence-corrected chi connectivity index (χ4v) is 13.8. The summed E-state index contributed by atoms with van der Waals surface area (Å²) in [4.78, 5) is 46.4. The van der Waals surface area contributed by atoms with Crippen LogP contribution < -0.4 is 15.8 Å². The van der Waals surface area contributed by atoms with Gasteiger partial charge in [0.2, 0.25) is 16.0 Å². The summed E-state index contributed by atoms with van der Waals surface area (Å²) in [5.41, 5.74) is 1.93. The number of nitrogens with zero attached hydrogens (tertiary/aromatic N) is 5. The number of piperidine rings is 2. The number of hydrogen-bond acceptors (Lipinski definition) is 12. The zero-order valence-corrected chi connectivity index (χ0v) is 43.8. The van der Waals surface area contributed by atoms with Gasteiger partial charge in [0.05, 0.1) is 23.2 Å². The Morgan fingerprint density at radius 1 is 1.03 bits per heavy atom. The summed E-state index contributed by atoms with van der Waals surface area (Å²) in [6.45, 7) is 20.2. The molecule has 3 unspecified atom stereocenters. The Morgan fingerprint density at radius 2 is 1.80 bits per heavy atom. The number of fused-ring (bicyclic) bond motifs is 2.